The standard InChI is InChI=1S/C33H33N3O6S3/c1-33(2,3)42-32(39)34-15-6-16-43-24-12-9-21(10-13-24)31-36-20-25(44-31)19-35-30(38)22-11-14-28-23(17-22)18-27(37)26-7-4-5-8-29(26)45(28,40)41/h4-5,7-14,17,20H,6,15-16,18-19H2,1-3H3,(H,34,39)(H,35,38). The molecule has 0 fully saturated rings. The SMILES string of the molecule is CC(C)(C)OC(=O)NCCCSc1ccc(-c2ncc(CNC(=O)c3ccc4c(c3)CC(=O)c3ccccc3S4(=O)=O)s2)cc1. The number of carbonyl (C=O) groups excluding carboxylic acids is 3. The second-order valence-electron chi connectivity index (χ2n) is 11.4. The molecule has 1 aliphatic rings. The summed E-state index contributed by atoms with van der Waals surface area (Å²) in [5.41, 5.74) is 1.20. The maximum Gasteiger partial charge on any atom is 0.407 e. The molecule has 0 unspecified atom stereocenters. The van der Waals surface area contributed by atoms with Crippen LogP contribution in [0, 0.1) is 0 Å². The van der Waals surface area contributed by atoms with Gasteiger partial charge in [0.05, 0.1) is 16.3 Å². The van der Waals surface area contributed by atoms with E-state index in [-0.39, 0.29) is 45.6 Å². The van der Waals surface area contributed by atoms with Crippen molar-refractivity contribution in [3.8, 4) is 10.6 Å². The Labute approximate surface area is 270 Å². The van der Waals surface area contributed by atoms with E-state index in [0.29, 0.717) is 12.1 Å². The van der Waals surface area contributed by atoms with Gasteiger partial charge in [-0.25, -0.2) is 18.2 Å². The third-order valence-electron chi connectivity index (χ3n) is 6.78. The van der Waals surface area contributed by atoms with E-state index in [1.807, 2.05) is 45.0 Å². The third kappa shape index (κ3) is 7.99. The van der Waals surface area contributed by atoms with E-state index in [4.69, 9.17) is 4.74 Å². The summed E-state index contributed by atoms with van der Waals surface area (Å²) in [5, 5.41) is 6.46. The molecule has 45 heavy (non-hydrogen) atoms. The minimum Gasteiger partial charge on any atom is -0.444 e. The number of amides is 2. The molecule has 2 amide bonds. The number of hydrogen-bond acceptors (Lipinski definition) is 9. The van der Waals surface area contributed by atoms with Crippen LogP contribution in [0.25, 0.3) is 10.6 Å². The molecule has 4 aromatic rings. The number of hydrogen-bond donors (Lipinski definition) is 2. The van der Waals surface area contributed by atoms with E-state index in [1.54, 1.807) is 30.1 Å². The number of rotatable bonds is 9. The maximum atomic E-state index is 13.2. The lowest BCUT2D eigenvalue weighted by molar-refractivity contribution is 0.0527. The molecule has 0 spiro atoms. The Hall–Kier alpha value is -4.00. The summed E-state index contributed by atoms with van der Waals surface area (Å²) >= 11 is 3.17. The second-order valence-corrected chi connectivity index (χ2v) is 15.6. The van der Waals surface area contributed by atoms with Crippen molar-refractivity contribution in [2.75, 3.05) is 12.3 Å². The summed E-state index contributed by atoms with van der Waals surface area (Å²) in [7, 11) is -3.89. The van der Waals surface area contributed by atoms with Crippen molar-refractivity contribution in [2.24, 2.45) is 0 Å². The van der Waals surface area contributed by atoms with Gasteiger partial charge in [0, 0.05) is 45.6 Å². The van der Waals surface area contributed by atoms with E-state index in [0.717, 1.165) is 32.5 Å². The van der Waals surface area contributed by atoms with E-state index in [2.05, 4.69) is 15.6 Å². The molecule has 234 valence electrons. The van der Waals surface area contributed by atoms with E-state index in [1.165, 1.54) is 41.7 Å². The van der Waals surface area contributed by atoms with Gasteiger partial charge < -0.3 is 15.4 Å². The van der Waals surface area contributed by atoms with Crippen molar-refractivity contribution < 1.29 is 27.5 Å². The maximum absolute atomic E-state index is 13.2. The zero-order valence-corrected chi connectivity index (χ0v) is 27.5. The summed E-state index contributed by atoms with van der Waals surface area (Å²) in [6.07, 6.45) is 2.02. The predicted octanol–water partition coefficient (Wildman–Crippen LogP) is 6.32. The number of alkyl carbamates (subject to hydrolysis) is 1. The molecular weight excluding hydrogens is 631 g/mol. The molecule has 0 atom stereocenters. The fraction of sp³-hybridized carbons (Fsp3) is 0.273. The number of sulfone groups is 1. The fourth-order valence-electron chi connectivity index (χ4n) is 4.69. The smallest absolute Gasteiger partial charge is 0.407 e. The highest BCUT2D eigenvalue weighted by Crippen LogP contribution is 2.33. The van der Waals surface area contributed by atoms with Crippen molar-refractivity contribution in [1.29, 1.82) is 0 Å². The van der Waals surface area contributed by atoms with Gasteiger partial charge in [-0.1, -0.05) is 30.3 Å². The number of nitrogens with one attached hydrogen (secondary N) is 2. The topological polar surface area (TPSA) is 132 Å². The molecule has 3 aromatic carbocycles. The molecule has 1 aromatic heterocycles. The predicted molar refractivity (Wildman–Crippen MR) is 175 cm³/mol. The third-order valence-corrected chi connectivity index (χ3v) is 10.8. The first kappa shape index (κ1) is 32.4. The van der Waals surface area contributed by atoms with Crippen LogP contribution in [-0.2, 0) is 27.5 Å². The number of thioether (sulfide) groups is 1. The average molecular weight is 664 g/mol. The van der Waals surface area contributed by atoms with Crippen molar-refractivity contribution in [1.82, 2.24) is 15.6 Å². The monoisotopic (exact) mass is 663 g/mol. The first-order chi connectivity index (χ1) is 21.4. The van der Waals surface area contributed by atoms with Crippen LogP contribution in [-0.4, -0.2) is 49.1 Å². The Morgan fingerprint density at radius 1 is 1.00 bits per heavy atom. The van der Waals surface area contributed by atoms with Crippen molar-refractivity contribution in [3.05, 3.63) is 94.5 Å². The molecule has 0 bridgehead atoms. The van der Waals surface area contributed by atoms with Gasteiger partial charge in [-0.05, 0) is 74.9 Å². The minimum absolute atomic E-state index is 0.00923. The van der Waals surface area contributed by atoms with Crippen molar-refractivity contribution >= 4 is 50.7 Å². The van der Waals surface area contributed by atoms with Crippen LogP contribution in [0.2, 0.25) is 0 Å². The quantitative estimate of drug-likeness (QED) is 0.157. The first-order valence-electron chi connectivity index (χ1n) is 14.3. The fourth-order valence-corrected chi connectivity index (χ4v) is 8.09. The summed E-state index contributed by atoms with van der Waals surface area (Å²) in [5.74, 6) is 0.171. The molecule has 0 aliphatic carbocycles. The normalized spacial score (nSPS) is 13.7. The van der Waals surface area contributed by atoms with Crippen molar-refractivity contribution in [2.45, 2.75) is 60.4 Å². The van der Waals surface area contributed by atoms with Crippen LogP contribution < -0.4 is 10.6 Å². The molecule has 0 radical (unpaired) electrons. The Bertz CT molecular complexity index is 1840. The van der Waals surface area contributed by atoms with Crippen LogP contribution in [0.5, 0.6) is 0 Å². The summed E-state index contributed by atoms with van der Waals surface area (Å²) in [6, 6.07) is 18.6. The largest absolute Gasteiger partial charge is 0.444 e. The zero-order chi connectivity index (χ0) is 32.2. The molecule has 5 rings (SSSR count). The van der Waals surface area contributed by atoms with Gasteiger partial charge in [0.2, 0.25) is 9.84 Å². The van der Waals surface area contributed by atoms with Gasteiger partial charge in [0.15, 0.2) is 5.78 Å². The lowest BCUT2D eigenvalue weighted by atomic mass is 10.0. The van der Waals surface area contributed by atoms with Gasteiger partial charge in [-0.2, -0.15) is 0 Å². The van der Waals surface area contributed by atoms with Gasteiger partial charge in [-0.3, -0.25) is 9.59 Å². The number of benzene rings is 3. The lowest BCUT2D eigenvalue weighted by Gasteiger charge is -2.19. The first-order valence-corrected chi connectivity index (χ1v) is 17.6. The highest BCUT2D eigenvalue weighted by atomic mass is 32.2. The molecule has 0 saturated heterocycles. The number of aromatic nitrogens is 1. The van der Waals surface area contributed by atoms with Crippen LogP contribution in [0.4, 0.5) is 4.79 Å². The number of carbonyl (C=O) groups is 3. The molecule has 12 heteroatoms. The number of nitrogens with zero attached hydrogens (tertiary/aromatic N) is 1. The van der Waals surface area contributed by atoms with Gasteiger partial charge in [0.1, 0.15) is 10.6 Å². The van der Waals surface area contributed by atoms with E-state index in [9.17, 15) is 22.8 Å². The highest BCUT2D eigenvalue weighted by Gasteiger charge is 2.31. The Balaban J connectivity index is 1.13. The number of fused-ring (bicyclic) bond motifs is 2. The molecule has 2 N–H and O–H groups in total. The highest BCUT2D eigenvalue weighted by molar-refractivity contribution is 7.99. The summed E-state index contributed by atoms with van der Waals surface area (Å²) < 4.78 is 31.7. The number of ether oxygens (including phenoxy) is 1. The molecule has 1 aliphatic heterocycles. The minimum atomic E-state index is -3.89. The number of ketones is 1. The van der Waals surface area contributed by atoms with Gasteiger partial charge in [0.25, 0.3) is 5.91 Å². The average Bonchev–Trinajstić information content (AvgIpc) is 3.45. The molecule has 2 heterocycles. The Morgan fingerprint density at radius 3 is 2.51 bits per heavy atom. The second kappa shape index (κ2) is 13.6. The Kier molecular flexibility index (Phi) is 9.76. The van der Waals surface area contributed by atoms with E-state index >= 15 is 0 Å². The van der Waals surface area contributed by atoms with Gasteiger partial charge in [-0.15, -0.1) is 23.1 Å². The molecular formula is C33H33N3O6S3. The number of thiazole rings is 1. The van der Waals surface area contributed by atoms with E-state index < -0.39 is 21.5 Å². The molecule has 0 saturated carbocycles. The molecule has 9 nitrogen and oxygen atoms in total. The summed E-state index contributed by atoms with van der Waals surface area (Å²) in [4.78, 5) is 44.1. The number of Topliss-reactive ketones (excluding diaryl/α,β-unsaturated/α-hetero) is 1. The van der Waals surface area contributed by atoms with Gasteiger partial charge >= 0.3 is 6.09 Å². The lowest BCUT2D eigenvalue weighted by Crippen LogP contribution is -2.33. The summed E-state index contributed by atoms with van der Waals surface area (Å²) in [6.45, 7) is 6.29. The zero-order valence-electron chi connectivity index (χ0n) is 25.1. The van der Waals surface area contributed by atoms with Crippen LogP contribution in [0.1, 0.15) is 58.3 Å². The van der Waals surface area contributed by atoms with Crippen LogP contribution in [0.15, 0.2) is 87.6 Å². The van der Waals surface area contributed by atoms with Crippen molar-refractivity contribution in [3.63, 3.8) is 0 Å². The van der Waals surface area contributed by atoms with Crippen LogP contribution >= 0.6 is 23.1 Å². The van der Waals surface area contributed by atoms with Crippen LogP contribution in [0.3, 0.4) is 0 Å². The Morgan fingerprint density at radius 2 is 1.76 bits per heavy atom.